The second-order valence-electron chi connectivity index (χ2n) is 7.50. The Labute approximate surface area is 180 Å². The van der Waals surface area contributed by atoms with Gasteiger partial charge in [0.1, 0.15) is 10.7 Å². The van der Waals surface area contributed by atoms with Crippen LogP contribution < -0.4 is 16.6 Å². The van der Waals surface area contributed by atoms with Gasteiger partial charge in [0.05, 0.1) is 23.1 Å². The number of aromatic nitrogens is 2. The third-order valence-electron chi connectivity index (χ3n) is 5.34. The topological polar surface area (TPSA) is 73.1 Å². The normalized spacial score (nSPS) is 13.5. The van der Waals surface area contributed by atoms with E-state index in [0.717, 1.165) is 17.4 Å². The molecule has 1 aliphatic carbocycles. The largest absolute Gasteiger partial charge is 0.349 e. The summed E-state index contributed by atoms with van der Waals surface area (Å²) in [7, 11) is 0. The highest BCUT2D eigenvalue weighted by Crippen LogP contribution is 2.24. The molecule has 2 heterocycles. The van der Waals surface area contributed by atoms with E-state index < -0.39 is 17.1 Å². The Kier molecular flexibility index (Phi) is 4.78. The van der Waals surface area contributed by atoms with Gasteiger partial charge >= 0.3 is 5.69 Å². The summed E-state index contributed by atoms with van der Waals surface area (Å²) in [5, 5.41) is 4.90. The van der Waals surface area contributed by atoms with Crippen LogP contribution in [0.4, 0.5) is 4.39 Å². The molecule has 0 spiro atoms. The van der Waals surface area contributed by atoms with Gasteiger partial charge in [-0.1, -0.05) is 30.3 Å². The first-order chi connectivity index (χ1) is 15.0. The van der Waals surface area contributed by atoms with Crippen LogP contribution in [0.25, 0.3) is 16.6 Å². The van der Waals surface area contributed by atoms with Crippen molar-refractivity contribution in [3.05, 3.63) is 97.1 Å². The molecule has 31 heavy (non-hydrogen) atoms. The van der Waals surface area contributed by atoms with E-state index >= 15 is 0 Å². The summed E-state index contributed by atoms with van der Waals surface area (Å²) in [6, 6.07) is 14.7. The second kappa shape index (κ2) is 7.63. The molecular formula is C23H18FN3O3S. The van der Waals surface area contributed by atoms with Crippen LogP contribution in [0.1, 0.15) is 28.1 Å². The Bertz CT molecular complexity index is 1430. The fourth-order valence-corrected chi connectivity index (χ4v) is 4.39. The Morgan fingerprint density at radius 1 is 1.06 bits per heavy atom. The second-order valence-corrected chi connectivity index (χ2v) is 8.42. The molecule has 1 saturated carbocycles. The van der Waals surface area contributed by atoms with Crippen LogP contribution in [0.15, 0.2) is 69.6 Å². The van der Waals surface area contributed by atoms with E-state index in [1.54, 1.807) is 53.9 Å². The summed E-state index contributed by atoms with van der Waals surface area (Å²) in [6.07, 6.45) is 1.86. The molecule has 0 bridgehead atoms. The number of amides is 1. The summed E-state index contributed by atoms with van der Waals surface area (Å²) < 4.78 is 16.7. The van der Waals surface area contributed by atoms with Crippen LogP contribution in [0.3, 0.4) is 0 Å². The smallest absolute Gasteiger partial charge is 0.336 e. The molecule has 1 aliphatic rings. The SMILES string of the molecule is O=C(NC1CC1)c1sccc1-n1c(=O)c2ccccc2n(Cc2ccccc2F)c1=O. The molecule has 4 aromatic rings. The van der Waals surface area contributed by atoms with Gasteiger partial charge in [0.2, 0.25) is 0 Å². The lowest BCUT2D eigenvalue weighted by atomic mass is 10.2. The van der Waals surface area contributed by atoms with Crippen molar-refractivity contribution in [2.75, 3.05) is 0 Å². The lowest BCUT2D eigenvalue weighted by molar-refractivity contribution is 0.0955. The summed E-state index contributed by atoms with van der Waals surface area (Å²) in [4.78, 5) is 39.8. The zero-order valence-electron chi connectivity index (χ0n) is 16.4. The lowest BCUT2D eigenvalue weighted by Crippen LogP contribution is -2.40. The molecule has 1 amide bonds. The molecule has 0 saturated heterocycles. The van der Waals surface area contributed by atoms with Gasteiger partial charge in [0.15, 0.2) is 0 Å². The number of hydrogen-bond donors (Lipinski definition) is 1. The molecule has 2 aromatic heterocycles. The minimum atomic E-state index is -0.620. The number of hydrogen-bond acceptors (Lipinski definition) is 4. The Morgan fingerprint density at radius 2 is 1.81 bits per heavy atom. The number of halogens is 1. The van der Waals surface area contributed by atoms with Gasteiger partial charge in [-0.15, -0.1) is 11.3 Å². The maximum atomic E-state index is 14.3. The first kappa shape index (κ1) is 19.4. The van der Waals surface area contributed by atoms with E-state index in [9.17, 15) is 18.8 Å². The molecule has 5 rings (SSSR count). The van der Waals surface area contributed by atoms with Crippen molar-refractivity contribution in [2.45, 2.75) is 25.4 Å². The number of benzene rings is 2. The van der Waals surface area contributed by atoms with Gasteiger partial charge in [0, 0.05) is 11.6 Å². The molecule has 0 aliphatic heterocycles. The third kappa shape index (κ3) is 3.48. The molecule has 2 aromatic carbocycles. The molecular weight excluding hydrogens is 417 g/mol. The molecule has 0 radical (unpaired) electrons. The van der Waals surface area contributed by atoms with Crippen molar-refractivity contribution >= 4 is 28.1 Å². The summed E-state index contributed by atoms with van der Waals surface area (Å²) in [5.74, 6) is -0.733. The number of thiophene rings is 1. The minimum absolute atomic E-state index is 0.0416. The number of fused-ring (bicyclic) bond motifs is 1. The standard InChI is InChI=1S/C23H18FN3O3S/c24-17-7-3-1-5-14(17)13-26-18-8-4-2-6-16(18)22(29)27(23(26)30)19-11-12-31-20(19)21(28)25-15-9-10-15/h1-8,11-12,15H,9-10,13H2,(H,25,28). The van der Waals surface area contributed by atoms with Crippen molar-refractivity contribution in [1.29, 1.82) is 0 Å². The van der Waals surface area contributed by atoms with Gasteiger partial charge in [-0.2, -0.15) is 0 Å². The maximum Gasteiger partial charge on any atom is 0.336 e. The van der Waals surface area contributed by atoms with Crippen molar-refractivity contribution in [3.8, 4) is 5.69 Å². The molecule has 8 heteroatoms. The molecule has 156 valence electrons. The van der Waals surface area contributed by atoms with Crippen molar-refractivity contribution in [2.24, 2.45) is 0 Å². The minimum Gasteiger partial charge on any atom is -0.349 e. The lowest BCUT2D eigenvalue weighted by Gasteiger charge is -2.15. The first-order valence-electron chi connectivity index (χ1n) is 9.91. The van der Waals surface area contributed by atoms with Crippen LogP contribution in [-0.4, -0.2) is 21.1 Å². The van der Waals surface area contributed by atoms with E-state index in [4.69, 9.17) is 0 Å². The molecule has 0 unspecified atom stereocenters. The summed E-state index contributed by atoms with van der Waals surface area (Å²) in [6.45, 7) is -0.0416. The van der Waals surface area contributed by atoms with Crippen LogP contribution >= 0.6 is 11.3 Å². The van der Waals surface area contributed by atoms with E-state index in [-0.39, 0.29) is 24.2 Å². The van der Waals surface area contributed by atoms with Crippen molar-refractivity contribution in [1.82, 2.24) is 14.5 Å². The summed E-state index contributed by atoms with van der Waals surface area (Å²) in [5.41, 5.74) is -0.144. The van der Waals surface area contributed by atoms with E-state index in [0.29, 0.717) is 21.3 Å². The predicted octanol–water partition coefficient (Wildman–Crippen LogP) is 3.29. The number of nitrogens with one attached hydrogen (secondary N) is 1. The Morgan fingerprint density at radius 3 is 2.58 bits per heavy atom. The van der Waals surface area contributed by atoms with Crippen LogP contribution in [0.5, 0.6) is 0 Å². The Hall–Kier alpha value is -3.52. The van der Waals surface area contributed by atoms with E-state index in [1.165, 1.54) is 22.0 Å². The number of nitrogens with zero attached hydrogens (tertiary/aromatic N) is 2. The zero-order chi connectivity index (χ0) is 21.5. The number of carbonyl (C=O) groups excluding carboxylic acids is 1. The maximum absolute atomic E-state index is 14.3. The molecule has 1 N–H and O–H groups in total. The van der Waals surface area contributed by atoms with Gasteiger partial charge in [0.25, 0.3) is 11.5 Å². The van der Waals surface area contributed by atoms with Gasteiger partial charge in [-0.3, -0.25) is 14.2 Å². The van der Waals surface area contributed by atoms with Gasteiger partial charge in [-0.05, 0) is 42.5 Å². The molecule has 0 atom stereocenters. The third-order valence-corrected chi connectivity index (χ3v) is 6.24. The number of para-hydroxylation sites is 1. The quantitative estimate of drug-likeness (QED) is 0.523. The highest BCUT2D eigenvalue weighted by molar-refractivity contribution is 7.12. The van der Waals surface area contributed by atoms with Gasteiger partial charge in [-0.25, -0.2) is 13.8 Å². The van der Waals surface area contributed by atoms with E-state index in [1.807, 2.05) is 0 Å². The first-order valence-corrected chi connectivity index (χ1v) is 10.8. The summed E-state index contributed by atoms with van der Waals surface area (Å²) >= 11 is 1.18. The zero-order valence-corrected chi connectivity index (χ0v) is 17.2. The van der Waals surface area contributed by atoms with Crippen LogP contribution in [-0.2, 0) is 6.54 Å². The predicted molar refractivity (Wildman–Crippen MR) is 118 cm³/mol. The molecule has 6 nitrogen and oxygen atoms in total. The van der Waals surface area contributed by atoms with Gasteiger partial charge < -0.3 is 5.32 Å². The monoisotopic (exact) mass is 435 g/mol. The molecule has 1 fully saturated rings. The van der Waals surface area contributed by atoms with Crippen LogP contribution in [0, 0.1) is 5.82 Å². The van der Waals surface area contributed by atoms with Crippen LogP contribution in [0.2, 0.25) is 0 Å². The van der Waals surface area contributed by atoms with Crippen molar-refractivity contribution < 1.29 is 9.18 Å². The van der Waals surface area contributed by atoms with E-state index in [2.05, 4.69) is 5.32 Å². The average Bonchev–Trinajstić information content (AvgIpc) is 3.45. The average molecular weight is 435 g/mol. The highest BCUT2D eigenvalue weighted by Gasteiger charge is 2.27. The number of carbonyl (C=O) groups is 1. The Balaban J connectivity index is 1.73. The van der Waals surface area contributed by atoms with Crippen molar-refractivity contribution in [3.63, 3.8) is 0 Å². The fourth-order valence-electron chi connectivity index (χ4n) is 3.61. The number of rotatable bonds is 5. The fraction of sp³-hybridized carbons (Fsp3) is 0.174. The highest BCUT2D eigenvalue weighted by atomic mass is 32.1.